The van der Waals surface area contributed by atoms with Crippen LogP contribution in [0.2, 0.25) is 0 Å². The number of nitrogens with zero attached hydrogens (tertiary/aromatic N) is 2. The standard InChI is InChI=1S/C12H11FN2O2S/c1-7-10(12(16)17)11(15(2)14-7)18-9-5-3-8(13)4-6-9/h3-6H,1-2H3,(H,16,17). The molecule has 1 aromatic carbocycles. The van der Waals surface area contributed by atoms with Gasteiger partial charge in [-0.25, -0.2) is 9.18 Å². The zero-order valence-electron chi connectivity index (χ0n) is 9.85. The molecule has 0 spiro atoms. The van der Waals surface area contributed by atoms with Gasteiger partial charge >= 0.3 is 5.97 Å². The molecule has 0 bridgehead atoms. The summed E-state index contributed by atoms with van der Waals surface area (Å²) in [5.74, 6) is -1.33. The molecular weight excluding hydrogens is 255 g/mol. The van der Waals surface area contributed by atoms with E-state index >= 15 is 0 Å². The first-order valence-electron chi connectivity index (χ1n) is 5.19. The van der Waals surface area contributed by atoms with E-state index in [0.717, 1.165) is 4.90 Å². The molecule has 1 heterocycles. The van der Waals surface area contributed by atoms with E-state index in [4.69, 9.17) is 5.11 Å². The summed E-state index contributed by atoms with van der Waals surface area (Å²) in [6.45, 7) is 1.65. The van der Waals surface area contributed by atoms with Gasteiger partial charge in [-0.2, -0.15) is 5.10 Å². The molecule has 6 heteroatoms. The fourth-order valence-corrected chi connectivity index (χ4v) is 2.62. The first-order valence-corrected chi connectivity index (χ1v) is 6.01. The Balaban J connectivity index is 2.39. The third kappa shape index (κ3) is 2.38. The quantitative estimate of drug-likeness (QED) is 0.928. The summed E-state index contributed by atoms with van der Waals surface area (Å²) in [6, 6.07) is 5.89. The minimum absolute atomic E-state index is 0.187. The molecular formula is C12H11FN2O2S. The number of aromatic nitrogens is 2. The second-order valence-corrected chi connectivity index (χ2v) is 4.81. The molecule has 0 aliphatic rings. The molecule has 0 amide bonds. The highest BCUT2D eigenvalue weighted by molar-refractivity contribution is 7.99. The number of carboxylic acid groups (broad SMARTS) is 1. The fraction of sp³-hybridized carbons (Fsp3) is 0.167. The van der Waals surface area contributed by atoms with Gasteiger partial charge in [0, 0.05) is 11.9 Å². The lowest BCUT2D eigenvalue weighted by Crippen LogP contribution is -2.00. The van der Waals surface area contributed by atoms with Crippen molar-refractivity contribution >= 4 is 17.7 Å². The van der Waals surface area contributed by atoms with Crippen LogP contribution in [0.1, 0.15) is 16.1 Å². The Morgan fingerprint density at radius 1 is 1.39 bits per heavy atom. The largest absolute Gasteiger partial charge is 0.478 e. The molecule has 2 aromatic rings. The van der Waals surface area contributed by atoms with Crippen LogP contribution in [-0.4, -0.2) is 20.9 Å². The third-order valence-electron chi connectivity index (χ3n) is 2.41. The van der Waals surface area contributed by atoms with Crippen molar-refractivity contribution in [1.82, 2.24) is 9.78 Å². The van der Waals surface area contributed by atoms with Crippen LogP contribution in [0.15, 0.2) is 34.2 Å². The Morgan fingerprint density at radius 3 is 2.56 bits per heavy atom. The molecule has 0 radical (unpaired) electrons. The second-order valence-electron chi connectivity index (χ2n) is 3.75. The van der Waals surface area contributed by atoms with Crippen molar-refractivity contribution in [3.8, 4) is 0 Å². The van der Waals surface area contributed by atoms with Crippen LogP contribution in [0.5, 0.6) is 0 Å². The number of hydrogen-bond donors (Lipinski definition) is 1. The maximum absolute atomic E-state index is 12.8. The van der Waals surface area contributed by atoms with Gasteiger partial charge in [0.25, 0.3) is 0 Å². The Hall–Kier alpha value is -1.82. The number of rotatable bonds is 3. The lowest BCUT2D eigenvalue weighted by Gasteiger charge is -2.03. The molecule has 0 aliphatic carbocycles. The van der Waals surface area contributed by atoms with Crippen LogP contribution in [0, 0.1) is 12.7 Å². The minimum atomic E-state index is -1.01. The fourth-order valence-electron chi connectivity index (χ4n) is 1.61. The maximum atomic E-state index is 12.8. The Bertz CT molecular complexity index is 593. The Kier molecular flexibility index (Phi) is 3.38. The third-order valence-corrected chi connectivity index (χ3v) is 3.58. The monoisotopic (exact) mass is 266 g/mol. The van der Waals surface area contributed by atoms with Crippen LogP contribution >= 0.6 is 11.8 Å². The topological polar surface area (TPSA) is 55.1 Å². The van der Waals surface area contributed by atoms with Gasteiger partial charge in [0.2, 0.25) is 0 Å². The van der Waals surface area contributed by atoms with Crippen molar-refractivity contribution in [3.05, 3.63) is 41.3 Å². The van der Waals surface area contributed by atoms with Gasteiger partial charge in [0.05, 0.1) is 5.69 Å². The number of carbonyl (C=O) groups is 1. The van der Waals surface area contributed by atoms with Crippen molar-refractivity contribution in [3.63, 3.8) is 0 Å². The molecule has 2 rings (SSSR count). The molecule has 0 saturated carbocycles. The maximum Gasteiger partial charge on any atom is 0.340 e. The summed E-state index contributed by atoms with van der Waals surface area (Å²) in [4.78, 5) is 11.9. The highest BCUT2D eigenvalue weighted by Crippen LogP contribution is 2.31. The molecule has 0 unspecified atom stereocenters. The van der Waals surface area contributed by atoms with Gasteiger partial charge in [-0.3, -0.25) is 4.68 Å². The van der Waals surface area contributed by atoms with E-state index in [9.17, 15) is 9.18 Å². The van der Waals surface area contributed by atoms with E-state index in [-0.39, 0.29) is 11.4 Å². The van der Waals surface area contributed by atoms with E-state index in [1.165, 1.54) is 28.6 Å². The number of hydrogen-bond acceptors (Lipinski definition) is 3. The SMILES string of the molecule is Cc1nn(C)c(Sc2ccc(F)cc2)c1C(=O)O. The molecule has 1 N–H and O–H groups in total. The number of benzene rings is 1. The minimum Gasteiger partial charge on any atom is -0.478 e. The second kappa shape index (κ2) is 4.81. The summed E-state index contributed by atoms with van der Waals surface area (Å²) < 4.78 is 14.3. The van der Waals surface area contributed by atoms with Gasteiger partial charge in [0.15, 0.2) is 0 Å². The Morgan fingerprint density at radius 2 is 2.00 bits per heavy atom. The van der Waals surface area contributed by atoms with Crippen LogP contribution in [0.4, 0.5) is 4.39 Å². The highest BCUT2D eigenvalue weighted by Gasteiger charge is 2.20. The number of halogens is 1. The lowest BCUT2D eigenvalue weighted by atomic mass is 10.3. The lowest BCUT2D eigenvalue weighted by molar-refractivity contribution is 0.0692. The molecule has 18 heavy (non-hydrogen) atoms. The van der Waals surface area contributed by atoms with E-state index in [1.807, 2.05) is 0 Å². The summed E-state index contributed by atoms with van der Waals surface area (Å²) >= 11 is 1.25. The zero-order valence-corrected chi connectivity index (χ0v) is 10.7. The smallest absolute Gasteiger partial charge is 0.340 e. The van der Waals surface area contributed by atoms with Crippen molar-refractivity contribution in [2.45, 2.75) is 16.8 Å². The van der Waals surface area contributed by atoms with Crippen molar-refractivity contribution in [1.29, 1.82) is 0 Å². The normalized spacial score (nSPS) is 10.6. The van der Waals surface area contributed by atoms with Gasteiger partial charge in [-0.1, -0.05) is 11.8 Å². The molecule has 0 aliphatic heterocycles. The van der Waals surface area contributed by atoms with Crippen molar-refractivity contribution in [2.24, 2.45) is 7.05 Å². The van der Waals surface area contributed by atoms with Gasteiger partial charge < -0.3 is 5.11 Å². The number of aryl methyl sites for hydroxylation is 2. The zero-order chi connectivity index (χ0) is 13.3. The molecule has 0 fully saturated rings. The highest BCUT2D eigenvalue weighted by atomic mass is 32.2. The summed E-state index contributed by atoms with van der Waals surface area (Å²) in [5.41, 5.74) is 0.654. The molecule has 1 aromatic heterocycles. The number of carboxylic acids is 1. The summed E-state index contributed by atoms with van der Waals surface area (Å²) in [7, 11) is 1.69. The predicted molar refractivity (Wildman–Crippen MR) is 65.4 cm³/mol. The molecule has 94 valence electrons. The van der Waals surface area contributed by atoms with E-state index < -0.39 is 5.97 Å². The predicted octanol–water partition coefficient (Wildman–Crippen LogP) is 2.72. The molecule has 4 nitrogen and oxygen atoms in total. The average molecular weight is 266 g/mol. The van der Waals surface area contributed by atoms with Crippen LogP contribution in [0.25, 0.3) is 0 Å². The van der Waals surface area contributed by atoms with E-state index in [1.54, 1.807) is 26.1 Å². The Labute approximate surface area is 107 Å². The molecule has 0 saturated heterocycles. The summed E-state index contributed by atoms with van der Waals surface area (Å²) in [6.07, 6.45) is 0. The van der Waals surface area contributed by atoms with E-state index in [2.05, 4.69) is 5.10 Å². The van der Waals surface area contributed by atoms with E-state index in [0.29, 0.717) is 10.7 Å². The average Bonchev–Trinajstić information content (AvgIpc) is 2.57. The first kappa shape index (κ1) is 12.6. The van der Waals surface area contributed by atoms with Gasteiger partial charge in [0.1, 0.15) is 16.4 Å². The van der Waals surface area contributed by atoms with Gasteiger partial charge in [-0.05, 0) is 31.2 Å². The molecule has 0 atom stereocenters. The van der Waals surface area contributed by atoms with Crippen LogP contribution in [-0.2, 0) is 7.05 Å². The summed E-state index contributed by atoms with van der Waals surface area (Å²) in [5, 5.41) is 13.8. The van der Waals surface area contributed by atoms with Crippen LogP contribution in [0.3, 0.4) is 0 Å². The first-order chi connectivity index (χ1) is 8.49. The van der Waals surface area contributed by atoms with Crippen LogP contribution < -0.4 is 0 Å². The number of aromatic carboxylic acids is 1. The van der Waals surface area contributed by atoms with Gasteiger partial charge in [-0.15, -0.1) is 0 Å². The van der Waals surface area contributed by atoms with Crippen molar-refractivity contribution < 1.29 is 14.3 Å². The van der Waals surface area contributed by atoms with Crippen molar-refractivity contribution in [2.75, 3.05) is 0 Å².